The molecule has 0 radical (unpaired) electrons. The van der Waals surface area contributed by atoms with Crippen LogP contribution in [0.1, 0.15) is 35.6 Å². The molecule has 1 saturated heterocycles. The van der Waals surface area contributed by atoms with E-state index in [0.29, 0.717) is 55.2 Å². The fraction of sp³-hybridized carbons (Fsp3) is 0.519. The highest BCUT2D eigenvalue weighted by Crippen LogP contribution is 2.32. The number of pyridine rings is 2. The number of piperazine rings is 1. The molecule has 0 bridgehead atoms. The lowest BCUT2D eigenvalue weighted by molar-refractivity contribution is -0.136. The van der Waals surface area contributed by atoms with Crippen LogP contribution in [0.15, 0.2) is 18.3 Å². The topological polar surface area (TPSA) is 115 Å². The number of ether oxygens (including phenoxy) is 1. The number of nitrogens with one attached hydrogen (secondary N) is 1. The number of rotatable bonds is 8. The van der Waals surface area contributed by atoms with Gasteiger partial charge in [0.25, 0.3) is 0 Å². The normalized spacial score (nSPS) is 16.6. The number of aryl methyl sites for hydroxylation is 1. The molecule has 3 amide bonds. The number of likely N-dealkylation sites (N-methyl/N-ethyl adjacent to an activating group) is 1. The zero-order valence-electron chi connectivity index (χ0n) is 22.5. The van der Waals surface area contributed by atoms with E-state index >= 15 is 0 Å². The lowest BCUT2D eigenvalue weighted by atomic mass is 10.00. The smallest absolute Gasteiger partial charge is 0.328 e. The van der Waals surface area contributed by atoms with Gasteiger partial charge >= 0.3 is 6.03 Å². The highest BCUT2D eigenvalue weighted by Gasteiger charge is 2.28. The van der Waals surface area contributed by atoms with Gasteiger partial charge in [-0.15, -0.1) is 0 Å². The van der Waals surface area contributed by atoms with Crippen LogP contribution in [0.3, 0.4) is 0 Å². The lowest BCUT2D eigenvalue weighted by Gasteiger charge is -2.33. The van der Waals surface area contributed by atoms with Crippen LogP contribution in [0, 0.1) is 17.2 Å². The van der Waals surface area contributed by atoms with Crippen molar-refractivity contribution in [1.82, 2.24) is 19.8 Å². The Balaban J connectivity index is 1.53. The van der Waals surface area contributed by atoms with Crippen LogP contribution in [-0.4, -0.2) is 84.1 Å². The van der Waals surface area contributed by atoms with E-state index in [2.05, 4.69) is 29.5 Å². The first-order valence-electron chi connectivity index (χ1n) is 12.8. The van der Waals surface area contributed by atoms with Crippen molar-refractivity contribution in [3.05, 3.63) is 40.6 Å². The van der Waals surface area contributed by atoms with Crippen LogP contribution in [0.5, 0.6) is 5.88 Å². The van der Waals surface area contributed by atoms with E-state index < -0.39 is 0 Å². The summed E-state index contributed by atoms with van der Waals surface area (Å²) >= 11 is 1.77. The summed E-state index contributed by atoms with van der Waals surface area (Å²) in [6.07, 6.45) is 5.90. The summed E-state index contributed by atoms with van der Waals surface area (Å²) in [5, 5.41) is 12.4. The molecule has 2 aromatic heterocycles. The maximum Gasteiger partial charge on any atom is 0.328 e. The van der Waals surface area contributed by atoms with Crippen molar-refractivity contribution < 1.29 is 14.3 Å². The number of hydrogen-bond donors (Lipinski definition) is 1. The van der Waals surface area contributed by atoms with Gasteiger partial charge in [-0.2, -0.15) is 22.0 Å². The van der Waals surface area contributed by atoms with Gasteiger partial charge in [-0.1, -0.05) is 6.92 Å². The minimum absolute atomic E-state index is 0.0802. The van der Waals surface area contributed by atoms with Gasteiger partial charge in [0.1, 0.15) is 17.7 Å². The number of amides is 3. The zero-order valence-corrected chi connectivity index (χ0v) is 23.3. The second-order valence-corrected chi connectivity index (χ2v) is 10.9. The number of methoxy groups -OCH3 is 1. The van der Waals surface area contributed by atoms with E-state index in [9.17, 15) is 14.9 Å². The summed E-state index contributed by atoms with van der Waals surface area (Å²) in [6, 6.07) is 5.68. The Morgan fingerprint density at radius 3 is 2.82 bits per heavy atom. The third kappa shape index (κ3) is 6.37. The van der Waals surface area contributed by atoms with Crippen LogP contribution in [0.2, 0.25) is 0 Å². The van der Waals surface area contributed by atoms with Crippen molar-refractivity contribution in [2.24, 2.45) is 5.92 Å². The first kappa shape index (κ1) is 27.7. The second kappa shape index (κ2) is 12.5. The second-order valence-electron chi connectivity index (χ2n) is 9.98. The highest BCUT2D eigenvalue weighted by molar-refractivity contribution is 7.98. The van der Waals surface area contributed by atoms with Gasteiger partial charge in [-0.25, -0.2) is 9.78 Å². The Kier molecular flexibility index (Phi) is 9.07. The number of anilines is 2. The van der Waals surface area contributed by atoms with Crippen molar-refractivity contribution in [3.63, 3.8) is 0 Å². The summed E-state index contributed by atoms with van der Waals surface area (Å²) in [7, 11) is 3.49. The van der Waals surface area contributed by atoms with E-state index in [-0.39, 0.29) is 11.9 Å². The minimum Gasteiger partial charge on any atom is -0.481 e. The number of nitriles is 1. The Morgan fingerprint density at radius 1 is 1.29 bits per heavy atom. The molecule has 10 nitrogen and oxygen atoms in total. The van der Waals surface area contributed by atoms with Gasteiger partial charge in [0.15, 0.2) is 0 Å². The molecule has 0 aromatic carbocycles. The van der Waals surface area contributed by atoms with E-state index in [0.717, 1.165) is 48.3 Å². The van der Waals surface area contributed by atoms with Crippen molar-refractivity contribution >= 4 is 35.3 Å². The molecular weight excluding hydrogens is 502 g/mol. The fourth-order valence-corrected chi connectivity index (χ4v) is 5.63. The maximum atomic E-state index is 13.4. The maximum absolute atomic E-state index is 13.4. The monoisotopic (exact) mass is 537 g/mol. The minimum atomic E-state index is -0.331. The van der Waals surface area contributed by atoms with Crippen molar-refractivity contribution in [3.8, 4) is 11.9 Å². The number of aromatic nitrogens is 2. The molecular formula is C27H35N7O3S. The Hall–Kier alpha value is -3.36. The lowest BCUT2D eigenvalue weighted by Crippen LogP contribution is -2.48. The highest BCUT2D eigenvalue weighted by atomic mass is 32.2. The predicted octanol–water partition coefficient (Wildman–Crippen LogP) is 3.16. The van der Waals surface area contributed by atoms with Crippen molar-refractivity contribution in [2.45, 2.75) is 32.7 Å². The van der Waals surface area contributed by atoms with Crippen LogP contribution in [0.4, 0.5) is 16.4 Å². The third-order valence-electron chi connectivity index (χ3n) is 6.88. The molecule has 38 heavy (non-hydrogen) atoms. The molecule has 2 aromatic rings. The molecule has 0 aliphatic carbocycles. The van der Waals surface area contributed by atoms with Gasteiger partial charge in [-0.3, -0.25) is 19.9 Å². The number of thioether (sulfide) groups is 1. The van der Waals surface area contributed by atoms with Gasteiger partial charge in [-0.05, 0) is 67.5 Å². The molecule has 0 spiro atoms. The molecule has 4 heterocycles. The summed E-state index contributed by atoms with van der Waals surface area (Å²) in [4.78, 5) is 40.3. The average molecular weight is 538 g/mol. The predicted molar refractivity (Wildman–Crippen MR) is 149 cm³/mol. The average Bonchev–Trinajstić information content (AvgIpc) is 2.89. The summed E-state index contributed by atoms with van der Waals surface area (Å²) < 4.78 is 5.59. The molecule has 11 heteroatoms. The molecule has 202 valence electrons. The quantitative estimate of drug-likeness (QED) is 0.546. The fourth-order valence-electron chi connectivity index (χ4n) is 4.95. The Morgan fingerprint density at radius 2 is 2.11 bits per heavy atom. The third-order valence-corrected chi connectivity index (χ3v) is 7.78. The SMILES string of the molecule is COc1nc2c(cc1CN1CCN(C)CC1=O)CCCN2C(=O)Nc1cc(C[C@H](C)CSC)c(C#N)cn1. The van der Waals surface area contributed by atoms with Crippen molar-refractivity contribution in [1.29, 1.82) is 5.26 Å². The van der Waals surface area contributed by atoms with Gasteiger partial charge < -0.3 is 9.64 Å². The van der Waals surface area contributed by atoms with Crippen LogP contribution in [-0.2, 0) is 24.2 Å². The number of carbonyl (C=O) groups is 2. The first-order valence-corrected chi connectivity index (χ1v) is 14.2. The van der Waals surface area contributed by atoms with Gasteiger partial charge in [0, 0.05) is 31.4 Å². The molecule has 2 aliphatic heterocycles. The first-order chi connectivity index (χ1) is 18.3. The zero-order chi connectivity index (χ0) is 27.2. The van der Waals surface area contributed by atoms with Crippen LogP contribution < -0.4 is 15.0 Å². The summed E-state index contributed by atoms with van der Waals surface area (Å²) in [5.74, 6) is 2.83. The standard InChI is InChI=1S/C27H35N7O3S/c1-18(17-38-4)10-20-12-23(29-14-22(20)13-28)30-27(36)34-7-5-6-19-11-21(26(37-3)31-25(19)34)15-33-9-8-32(2)16-24(33)35/h11-12,14,18H,5-10,15-17H2,1-4H3,(H,29,30,36)/t18-/m0/s1. The Bertz CT molecular complexity index is 1230. The number of hydrogen-bond acceptors (Lipinski definition) is 8. The number of nitrogens with zero attached hydrogens (tertiary/aromatic N) is 6. The van der Waals surface area contributed by atoms with Crippen LogP contribution in [0.25, 0.3) is 0 Å². The van der Waals surface area contributed by atoms with Gasteiger partial charge in [0.2, 0.25) is 11.8 Å². The summed E-state index contributed by atoms with van der Waals surface area (Å²) in [6.45, 7) is 4.96. The van der Waals surface area contributed by atoms with E-state index in [1.54, 1.807) is 29.8 Å². The molecule has 4 rings (SSSR count). The van der Waals surface area contributed by atoms with Crippen LogP contribution >= 0.6 is 11.8 Å². The summed E-state index contributed by atoms with van der Waals surface area (Å²) in [5.41, 5.74) is 3.19. The molecule has 1 fully saturated rings. The molecule has 0 unspecified atom stereocenters. The number of urea groups is 1. The van der Waals surface area contributed by atoms with E-state index in [1.165, 1.54) is 6.20 Å². The number of fused-ring (bicyclic) bond motifs is 1. The largest absolute Gasteiger partial charge is 0.481 e. The van der Waals surface area contributed by atoms with E-state index in [4.69, 9.17) is 9.72 Å². The molecule has 2 aliphatic rings. The molecule has 0 saturated carbocycles. The molecule has 1 atom stereocenters. The van der Waals surface area contributed by atoms with Crippen molar-refractivity contribution in [2.75, 3.05) is 62.6 Å². The number of carbonyl (C=O) groups excluding carboxylic acids is 2. The van der Waals surface area contributed by atoms with E-state index in [1.807, 2.05) is 22.9 Å². The molecule has 1 N–H and O–H groups in total. The van der Waals surface area contributed by atoms with Gasteiger partial charge in [0.05, 0.1) is 25.8 Å². The Labute approximate surface area is 228 Å².